The maximum absolute atomic E-state index is 13.6. The molecule has 0 spiro atoms. The van der Waals surface area contributed by atoms with Crippen LogP contribution in [0.5, 0.6) is 5.75 Å². The highest BCUT2D eigenvalue weighted by molar-refractivity contribution is 14.1. The molecule has 0 saturated heterocycles. The lowest BCUT2D eigenvalue weighted by Gasteiger charge is -2.09. The van der Waals surface area contributed by atoms with Crippen LogP contribution < -0.4 is 8.27 Å². The Morgan fingerprint density at radius 2 is 1.86 bits per heavy atom. The van der Waals surface area contributed by atoms with Crippen LogP contribution in [0.25, 0.3) is 0 Å². The molecular formula is C15H21FINO4. The molecule has 7 heteroatoms. The molecule has 0 saturated carbocycles. The van der Waals surface area contributed by atoms with Crippen LogP contribution >= 0.6 is 22.9 Å². The van der Waals surface area contributed by atoms with Gasteiger partial charge in [0.2, 0.25) is 0 Å². The lowest BCUT2D eigenvalue weighted by molar-refractivity contribution is -0.121. The van der Waals surface area contributed by atoms with Gasteiger partial charge in [-0.2, -0.15) is 0 Å². The highest BCUT2D eigenvalue weighted by Gasteiger charge is 2.04. The van der Waals surface area contributed by atoms with Crippen molar-refractivity contribution in [3.8, 4) is 5.75 Å². The van der Waals surface area contributed by atoms with Gasteiger partial charge in [0, 0.05) is 38.0 Å². The average molecular weight is 425 g/mol. The topological polar surface area (TPSA) is 56.8 Å². The first-order valence-corrected chi connectivity index (χ1v) is 8.15. The zero-order valence-electron chi connectivity index (χ0n) is 12.6. The summed E-state index contributed by atoms with van der Waals surface area (Å²) in [5, 5.41) is 0. The van der Waals surface area contributed by atoms with Crippen LogP contribution in [0, 0.1) is 5.82 Å². The van der Waals surface area contributed by atoms with Gasteiger partial charge >= 0.3 is 0 Å². The van der Waals surface area contributed by atoms with E-state index in [-0.39, 0.29) is 24.0 Å². The Hall–Kier alpha value is -0.930. The number of Topliss-reactive ketones (excluding diaryl/α,β-unsaturated/α-hetero) is 1. The van der Waals surface area contributed by atoms with Gasteiger partial charge in [-0.15, -0.1) is 0 Å². The predicted octanol–water partition coefficient (Wildman–Crippen LogP) is 3.37. The van der Waals surface area contributed by atoms with Crippen molar-refractivity contribution < 1.29 is 23.4 Å². The van der Waals surface area contributed by atoms with Crippen molar-refractivity contribution in [2.24, 2.45) is 0 Å². The van der Waals surface area contributed by atoms with E-state index < -0.39 is 0 Å². The quantitative estimate of drug-likeness (QED) is 0.316. The Morgan fingerprint density at radius 3 is 2.50 bits per heavy atom. The first-order valence-electron chi connectivity index (χ1n) is 7.07. The van der Waals surface area contributed by atoms with Gasteiger partial charge < -0.3 is 17.7 Å². The van der Waals surface area contributed by atoms with Crippen LogP contribution in [0.1, 0.15) is 19.8 Å². The number of carbonyl (C=O) groups is 1. The van der Waals surface area contributed by atoms with Gasteiger partial charge in [0.25, 0.3) is 0 Å². The lowest BCUT2D eigenvalue weighted by Crippen LogP contribution is -2.08. The van der Waals surface area contributed by atoms with E-state index in [9.17, 15) is 9.18 Å². The summed E-state index contributed by atoms with van der Waals surface area (Å²) in [6, 6.07) is 4.74. The van der Waals surface area contributed by atoms with Gasteiger partial charge in [-0.1, -0.05) is 0 Å². The highest BCUT2D eigenvalue weighted by atomic mass is 127. The normalized spacial score (nSPS) is 10.5. The largest absolute Gasteiger partial charge is 0.490 e. The SMILES string of the molecule is CC(=O)COCCCOCCCOc1ccc(NI)cc1F. The van der Waals surface area contributed by atoms with Crippen LogP contribution in [0.2, 0.25) is 0 Å². The van der Waals surface area contributed by atoms with Crippen molar-refractivity contribution in [2.75, 3.05) is 36.6 Å². The number of benzene rings is 1. The number of rotatable bonds is 12. The van der Waals surface area contributed by atoms with E-state index in [1.165, 1.54) is 13.0 Å². The molecule has 1 N–H and O–H groups in total. The summed E-state index contributed by atoms with van der Waals surface area (Å²) in [5.41, 5.74) is 0.695. The summed E-state index contributed by atoms with van der Waals surface area (Å²) in [4.78, 5) is 10.6. The molecule has 0 unspecified atom stereocenters. The van der Waals surface area contributed by atoms with Crippen LogP contribution in [0.15, 0.2) is 18.2 Å². The Bertz CT molecular complexity index is 459. The molecular weight excluding hydrogens is 404 g/mol. The van der Waals surface area contributed by atoms with Crippen molar-refractivity contribution in [2.45, 2.75) is 19.8 Å². The predicted molar refractivity (Wildman–Crippen MR) is 91.1 cm³/mol. The number of hydrogen-bond acceptors (Lipinski definition) is 5. The van der Waals surface area contributed by atoms with Crippen LogP contribution in [-0.4, -0.2) is 38.8 Å². The van der Waals surface area contributed by atoms with E-state index in [1.54, 1.807) is 12.1 Å². The molecule has 0 amide bonds. The number of hydrogen-bond donors (Lipinski definition) is 1. The molecule has 0 atom stereocenters. The van der Waals surface area contributed by atoms with Crippen molar-refractivity contribution in [1.82, 2.24) is 0 Å². The molecule has 1 rings (SSSR count). The Balaban J connectivity index is 2.00. The molecule has 0 aliphatic rings. The van der Waals surface area contributed by atoms with Crippen molar-refractivity contribution >= 4 is 34.3 Å². The van der Waals surface area contributed by atoms with E-state index in [4.69, 9.17) is 14.2 Å². The minimum absolute atomic E-state index is 0.0209. The van der Waals surface area contributed by atoms with E-state index in [0.717, 1.165) is 6.42 Å². The van der Waals surface area contributed by atoms with E-state index in [0.29, 0.717) is 38.5 Å². The summed E-state index contributed by atoms with van der Waals surface area (Å²) in [6.07, 6.45) is 1.42. The van der Waals surface area contributed by atoms with E-state index in [1.807, 2.05) is 22.9 Å². The van der Waals surface area contributed by atoms with E-state index >= 15 is 0 Å². The highest BCUT2D eigenvalue weighted by Crippen LogP contribution is 2.21. The zero-order chi connectivity index (χ0) is 16.2. The van der Waals surface area contributed by atoms with Crippen LogP contribution in [-0.2, 0) is 14.3 Å². The number of ketones is 1. The summed E-state index contributed by atoms with van der Waals surface area (Å²) < 4.78 is 32.3. The summed E-state index contributed by atoms with van der Waals surface area (Å²) in [5.74, 6) is -0.120. The Morgan fingerprint density at radius 1 is 1.18 bits per heavy atom. The van der Waals surface area contributed by atoms with Gasteiger partial charge in [-0.25, -0.2) is 4.39 Å². The number of ether oxygens (including phenoxy) is 3. The smallest absolute Gasteiger partial charge is 0.167 e. The molecule has 0 fully saturated rings. The minimum Gasteiger partial charge on any atom is -0.490 e. The van der Waals surface area contributed by atoms with Gasteiger partial charge in [0.15, 0.2) is 17.3 Å². The van der Waals surface area contributed by atoms with Crippen LogP contribution in [0.3, 0.4) is 0 Å². The number of carbonyl (C=O) groups excluding carboxylic acids is 1. The third kappa shape index (κ3) is 8.50. The van der Waals surface area contributed by atoms with Crippen molar-refractivity contribution in [3.05, 3.63) is 24.0 Å². The summed E-state index contributed by atoms with van der Waals surface area (Å²) >= 11 is 1.94. The first-order chi connectivity index (χ1) is 10.6. The molecule has 5 nitrogen and oxygen atoms in total. The maximum atomic E-state index is 13.6. The standard InChI is InChI=1S/C15H21FINO4/c1-12(19)11-21-8-2-6-20-7-3-9-22-15-5-4-13(18-17)10-14(15)16/h4-5,10,18H,2-3,6-9,11H2,1H3. The number of anilines is 1. The second-order valence-corrected chi connectivity index (χ2v) is 5.20. The molecule has 1 aromatic carbocycles. The fraction of sp³-hybridized carbons (Fsp3) is 0.533. The first kappa shape index (κ1) is 19.1. The van der Waals surface area contributed by atoms with Crippen LogP contribution in [0.4, 0.5) is 10.1 Å². The second kappa shape index (κ2) is 11.6. The van der Waals surface area contributed by atoms with Gasteiger partial charge in [-0.3, -0.25) is 4.79 Å². The maximum Gasteiger partial charge on any atom is 0.167 e. The van der Waals surface area contributed by atoms with Gasteiger partial charge in [0.1, 0.15) is 6.61 Å². The third-order valence-electron chi connectivity index (χ3n) is 2.61. The molecule has 22 heavy (non-hydrogen) atoms. The van der Waals surface area contributed by atoms with Crippen molar-refractivity contribution in [1.29, 1.82) is 0 Å². The van der Waals surface area contributed by atoms with Crippen molar-refractivity contribution in [3.63, 3.8) is 0 Å². The fourth-order valence-electron chi connectivity index (χ4n) is 1.60. The number of nitrogens with one attached hydrogen (secondary N) is 1. The van der Waals surface area contributed by atoms with E-state index in [2.05, 4.69) is 3.53 Å². The minimum atomic E-state index is -0.384. The average Bonchev–Trinajstić information content (AvgIpc) is 2.50. The summed E-state index contributed by atoms with van der Waals surface area (Å²) in [7, 11) is 0. The van der Waals surface area contributed by atoms with Gasteiger partial charge in [0.05, 0.1) is 29.5 Å². The molecule has 124 valence electrons. The number of halogens is 2. The Kier molecular flexibility index (Phi) is 10.1. The Labute approximate surface area is 144 Å². The second-order valence-electron chi connectivity index (χ2n) is 4.66. The molecule has 0 bridgehead atoms. The molecule has 0 aromatic heterocycles. The van der Waals surface area contributed by atoms with Gasteiger partial charge in [-0.05, 0) is 25.5 Å². The molecule has 0 heterocycles. The molecule has 0 aliphatic carbocycles. The lowest BCUT2D eigenvalue weighted by atomic mass is 10.3. The monoisotopic (exact) mass is 425 g/mol. The molecule has 0 radical (unpaired) electrons. The zero-order valence-corrected chi connectivity index (χ0v) is 14.7. The molecule has 1 aromatic rings. The molecule has 0 aliphatic heterocycles. The summed E-state index contributed by atoms with van der Waals surface area (Å²) in [6.45, 7) is 3.67. The fourth-order valence-corrected chi connectivity index (χ4v) is 1.94. The third-order valence-corrected chi connectivity index (χ3v) is 3.24.